The number of hydrogen-bond donors (Lipinski definition) is 0. The zero-order valence-corrected chi connectivity index (χ0v) is 8.67. The maximum absolute atomic E-state index is 11.6. The van der Waals surface area contributed by atoms with Crippen LogP contribution in [0.2, 0.25) is 0 Å². The quantitative estimate of drug-likeness (QED) is 0.732. The van der Waals surface area contributed by atoms with Gasteiger partial charge in [0.1, 0.15) is 5.75 Å². The Morgan fingerprint density at radius 3 is 2.60 bits per heavy atom. The summed E-state index contributed by atoms with van der Waals surface area (Å²) in [5, 5.41) is -0.0438. The minimum absolute atomic E-state index is 0.0438. The molecule has 0 N–H and O–H groups in total. The standard InChI is InChI=1S/C11H7ClO3/c1-15-6-2-3-7-8(4-6)10(13)5-9(12)11(7)14/h2-5H,1H3. The molecule has 3 nitrogen and oxygen atoms in total. The van der Waals surface area contributed by atoms with Gasteiger partial charge in [0.05, 0.1) is 12.1 Å². The molecule has 1 aliphatic rings. The number of ether oxygens (including phenoxy) is 1. The highest BCUT2D eigenvalue weighted by molar-refractivity contribution is 6.49. The molecule has 0 fully saturated rings. The number of methoxy groups -OCH3 is 1. The van der Waals surface area contributed by atoms with Crippen molar-refractivity contribution in [3.8, 4) is 5.75 Å². The summed E-state index contributed by atoms with van der Waals surface area (Å²) >= 11 is 5.62. The van der Waals surface area contributed by atoms with Gasteiger partial charge in [-0.3, -0.25) is 9.59 Å². The van der Waals surface area contributed by atoms with Crippen molar-refractivity contribution in [2.24, 2.45) is 0 Å². The van der Waals surface area contributed by atoms with Crippen molar-refractivity contribution in [1.82, 2.24) is 0 Å². The lowest BCUT2D eigenvalue weighted by atomic mass is 9.94. The summed E-state index contributed by atoms with van der Waals surface area (Å²) in [6, 6.07) is 4.71. The van der Waals surface area contributed by atoms with E-state index < -0.39 is 0 Å². The highest BCUT2D eigenvalue weighted by atomic mass is 35.5. The van der Waals surface area contributed by atoms with Gasteiger partial charge < -0.3 is 4.74 Å². The molecule has 0 unspecified atom stereocenters. The second-order valence-electron chi connectivity index (χ2n) is 3.10. The van der Waals surface area contributed by atoms with Crippen LogP contribution < -0.4 is 4.74 Å². The zero-order chi connectivity index (χ0) is 11.0. The Labute approximate surface area is 91.3 Å². The summed E-state index contributed by atoms with van der Waals surface area (Å²) in [6.45, 7) is 0. The third-order valence-electron chi connectivity index (χ3n) is 2.21. The molecule has 0 saturated carbocycles. The molecular weight excluding hydrogens is 216 g/mol. The number of carbonyl (C=O) groups excluding carboxylic acids is 2. The molecule has 1 aromatic carbocycles. The van der Waals surface area contributed by atoms with E-state index in [9.17, 15) is 9.59 Å². The zero-order valence-electron chi connectivity index (χ0n) is 7.91. The Kier molecular flexibility index (Phi) is 2.32. The normalized spacial score (nSPS) is 14.7. The molecule has 76 valence electrons. The second-order valence-corrected chi connectivity index (χ2v) is 3.50. The van der Waals surface area contributed by atoms with E-state index in [-0.39, 0.29) is 16.6 Å². The molecule has 0 saturated heterocycles. The van der Waals surface area contributed by atoms with Gasteiger partial charge in [0, 0.05) is 17.2 Å². The molecule has 15 heavy (non-hydrogen) atoms. The van der Waals surface area contributed by atoms with Crippen LogP contribution in [0.3, 0.4) is 0 Å². The van der Waals surface area contributed by atoms with Crippen LogP contribution in [0.15, 0.2) is 29.3 Å². The lowest BCUT2D eigenvalue weighted by Crippen LogP contribution is -2.14. The van der Waals surface area contributed by atoms with Crippen molar-refractivity contribution in [3.05, 3.63) is 40.4 Å². The fraction of sp³-hybridized carbons (Fsp3) is 0.0909. The number of allylic oxidation sites excluding steroid dienone is 2. The minimum Gasteiger partial charge on any atom is -0.497 e. The number of ketones is 2. The molecular formula is C11H7ClO3. The summed E-state index contributed by atoms with van der Waals surface area (Å²) in [6.07, 6.45) is 1.13. The average molecular weight is 223 g/mol. The number of hydrogen-bond acceptors (Lipinski definition) is 3. The van der Waals surface area contributed by atoms with Crippen molar-refractivity contribution >= 4 is 23.2 Å². The van der Waals surface area contributed by atoms with Crippen molar-refractivity contribution in [2.45, 2.75) is 0 Å². The van der Waals surface area contributed by atoms with Crippen LogP contribution in [0.1, 0.15) is 20.7 Å². The molecule has 0 aromatic heterocycles. The van der Waals surface area contributed by atoms with Crippen LogP contribution in [-0.4, -0.2) is 18.7 Å². The van der Waals surface area contributed by atoms with E-state index in [1.54, 1.807) is 12.1 Å². The molecule has 0 amide bonds. The molecule has 0 atom stereocenters. The van der Waals surface area contributed by atoms with Crippen LogP contribution >= 0.6 is 11.6 Å². The Bertz CT molecular complexity index is 489. The SMILES string of the molecule is COc1ccc2c(c1)C(=O)C=C(Cl)C2=O. The molecule has 1 aromatic rings. The first kappa shape index (κ1) is 9.93. The van der Waals surface area contributed by atoms with E-state index in [0.717, 1.165) is 6.08 Å². The van der Waals surface area contributed by atoms with Gasteiger partial charge in [0.25, 0.3) is 0 Å². The fourth-order valence-corrected chi connectivity index (χ4v) is 1.64. The summed E-state index contributed by atoms with van der Waals surface area (Å²) in [5.74, 6) is -0.0521. The van der Waals surface area contributed by atoms with Gasteiger partial charge in [0.15, 0.2) is 5.78 Å². The van der Waals surface area contributed by atoms with Crippen LogP contribution in [0, 0.1) is 0 Å². The van der Waals surface area contributed by atoms with Gasteiger partial charge in [-0.2, -0.15) is 0 Å². The topological polar surface area (TPSA) is 43.4 Å². The number of halogens is 1. The van der Waals surface area contributed by atoms with E-state index >= 15 is 0 Å². The van der Waals surface area contributed by atoms with Crippen molar-refractivity contribution in [3.63, 3.8) is 0 Å². The molecule has 0 heterocycles. The summed E-state index contributed by atoms with van der Waals surface area (Å²) in [5.41, 5.74) is 0.664. The molecule has 2 rings (SSSR count). The maximum Gasteiger partial charge on any atom is 0.205 e. The van der Waals surface area contributed by atoms with Gasteiger partial charge in [-0.1, -0.05) is 11.6 Å². The van der Waals surface area contributed by atoms with Gasteiger partial charge in [-0.05, 0) is 18.2 Å². The van der Waals surface area contributed by atoms with E-state index in [1.807, 2.05) is 0 Å². The first-order valence-electron chi connectivity index (χ1n) is 4.27. The predicted molar refractivity (Wildman–Crippen MR) is 55.6 cm³/mol. The van der Waals surface area contributed by atoms with E-state index in [1.165, 1.54) is 13.2 Å². The third kappa shape index (κ3) is 1.55. The van der Waals surface area contributed by atoms with Gasteiger partial charge in [-0.15, -0.1) is 0 Å². The van der Waals surface area contributed by atoms with Crippen LogP contribution in [0.5, 0.6) is 5.75 Å². The number of rotatable bonds is 1. The van der Waals surface area contributed by atoms with Crippen molar-refractivity contribution in [2.75, 3.05) is 7.11 Å². The lowest BCUT2D eigenvalue weighted by molar-refractivity contribution is 0.0990. The van der Waals surface area contributed by atoms with Crippen molar-refractivity contribution in [1.29, 1.82) is 0 Å². The number of Topliss-reactive ketones (excluding diaryl/α,β-unsaturated/α-hetero) is 1. The largest absolute Gasteiger partial charge is 0.497 e. The number of fused-ring (bicyclic) bond motifs is 1. The molecule has 4 heteroatoms. The van der Waals surface area contributed by atoms with E-state index in [4.69, 9.17) is 16.3 Å². The minimum atomic E-state index is -0.325. The van der Waals surface area contributed by atoms with Gasteiger partial charge in [-0.25, -0.2) is 0 Å². The Hall–Kier alpha value is -1.61. The molecule has 0 radical (unpaired) electrons. The highest BCUT2D eigenvalue weighted by Crippen LogP contribution is 2.26. The first-order valence-corrected chi connectivity index (χ1v) is 4.65. The smallest absolute Gasteiger partial charge is 0.205 e. The Morgan fingerprint density at radius 1 is 1.20 bits per heavy atom. The molecule has 1 aliphatic carbocycles. The monoisotopic (exact) mass is 222 g/mol. The van der Waals surface area contributed by atoms with E-state index in [2.05, 4.69) is 0 Å². The second kappa shape index (κ2) is 3.51. The molecule has 0 bridgehead atoms. The number of carbonyl (C=O) groups is 2. The van der Waals surface area contributed by atoms with Crippen molar-refractivity contribution < 1.29 is 14.3 Å². The maximum atomic E-state index is 11.6. The number of benzene rings is 1. The average Bonchev–Trinajstić information content (AvgIpc) is 2.25. The third-order valence-corrected chi connectivity index (χ3v) is 2.49. The van der Waals surface area contributed by atoms with Crippen LogP contribution in [0.4, 0.5) is 0 Å². The molecule has 0 aliphatic heterocycles. The highest BCUT2D eigenvalue weighted by Gasteiger charge is 2.24. The summed E-state index contributed by atoms with van der Waals surface area (Å²) in [7, 11) is 1.50. The summed E-state index contributed by atoms with van der Waals surface area (Å²) in [4.78, 5) is 23.1. The first-order chi connectivity index (χ1) is 7.13. The lowest BCUT2D eigenvalue weighted by Gasteiger charge is -2.12. The van der Waals surface area contributed by atoms with Crippen LogP contribution in [0.25, 0.3) is 0 Å². The van der Waals surface area contributed by atoms with Gasteiger partial charge >= 0.3 is 0 Å². The Morgan fingerprint density at radius 2 is 1.93 bits per heavy atom. The predicted octanol–water partition coefficient (Wildman–Crippen LogP) is 2.20. The van der Waals surface area contributed by atoms with Crippen LogP contribution in [-0.2, 0) is 0 Å². The summed E-state index contributed by atoms with van der Waals surface area (Å²) < 4.78 is 4.97. The molecule has 0 spiro atoms. The Balaban J connectivity index is 2.62. The van der Waals surface area contributed by atoms with E-state index in [0.29, 0.717) is 16.9 Å². The fourth-order valence-electron chi connectivity index (χ4n) is 1.44. The van der Waals surface area contributed by atoms with Gasteiger partial charge in [0.2, 0.25) is 5.78 Å².